The second-order valence-electron chi connectivity index (χ2n) is 8.50. The van der Waals surface area contributed by atoms with Crippen molar-refractivity contribution >= 4 is 11.9 Å². The fourth-order valence-electron chi connectivity index (χ4n) is 5.22. The normalized spacial score (nSPS) is 25.9. The van der Waals surface area contributed by atoms with Crippen LogP contribution in [0.5, 0.6) is 5.75 Å². The van der Waals surface area contributed by atoms with E-state index in [1.165, 1.54) is 17.7 Å². The Hall–Kier alpha value is -2.86. The molecule has 6 heteroatoms. The lowest BCUT2D eigenvalue weighted by molar-refractivity contribution is 0.00529. The van der Waals surface area contributed by atoms with E-state index < -0.39 is 5.97 Å². The number of hydrogen-bond acceptors (Lipinski definition) is 4. The van der Waals surface area contributed by atoms with E-state index in [4.69, 9.17) is 5.11 Å². The SMILES string of the molecule is CN1CC[C@]2(C)c3cc(O)ccc3C[C@@H]1[C@@H]2N(C)C(=O)c1ccc(C(=O)O)cc1. The second kappa shape index (κ2) is 6.88. The summed E-state index contributed by atoms with van der Waals surface area (Å²) in [4.78, 5) is 28.5. The van der Waals surface area contributed by atoms with E-state index in [1.807, 2.05) is 24.1 Å². The maximum atomic E-state index is 13.3. The molecule has 0 aromatic heterocycles. The summed E-state index contributed by atoms with van der Waals surface area (Å²) in [6.07, 6.45) is 1.71. The molecule has 1 heterocycles. The van der Waals surface area contributed by atoms with Gasteiger partial charge in [-0.1, -0.05) is 13.0 Å². The van der Waals surface area contributed by atoms with E-state index >= 15 is 0 Å². The molecule has 0 unspecified atom stereocenters. The number of benzene rings is 2. The lowest BCUT2D eigenvalue weighted by Crippen LogP contribution is -2.67. The molecule has 0 spiro atoms. The van der Waals surface area contributed by atoms with Gasteiger partial charge in [-0.05, 0) is 74.0 Å². The number of amides is 1. The Labute approximate surface area is 170 Å². The minimum absolute atomic E-state index is 0.0535. The fraction of sp³-hybridized carbons (Fsp3) is 0.391. The first-order chi connectivity index (χ1) is 13.7. The van der Waals surface area contributed by atoms with Crippen molar-refractivity contribution in [1.29, 1.82) is 0 Å². The fourth-order valence-corrected chi connectivity index (χ4v) is 5.22. The smallest absolute Gasteiger partial charge is 0.335 e. The first-order valence-corrected chi connectivity index (χ1v) is 9.85. The summed E-state index contributed by atoms with van der Waals surface area (Å²) in [5.74, 6) is -0.883. The third kappa shape index (κ3) is 3.08. The van der Waals surface area contributed by atoms with E-state index in [1.54, 1.807) is 18.2 Å². The zero-order valence-electron chi connectivity index (χ0n) is 16.9. The molecule has 2 aromatic carbocycles. The van der Waals surface area contributed by atoms with Gasteiger partial charge >= 0.3 is 5.97 Å². The molecule has 0 saturated carbocycles. The molecule has 2 N–H and O–H groups in total. The number of carboxylic acid groups (broad SMARTS) is 1. The van der Waals surface area contributed by atoms with Gasteiger partial charge in [-0.15, -0.1) is 0 Å². The molecule has 3 atom stereocenters. The molecule has 29 heavy (non-hydrogen) atoms. The van der Waals surface area contributed by atoms with Crippen molar-refractivity contribution < 1.29 is 19.8 Å². The van der Waals surface area contributed by atoms with Crippen LogP contribution in [-0.2, 0) is 11.8 Å². The van der Waals surface area contributed by atoms with Crippen molar-refractivity contribution in [3.8, 4) is 5.75 Å². The molecule has 1 aliphatic carbocycles. The van der Waals surface area contributed by atoms with Crippen molar-refractivity contribution in [2.75, 3.05) is 20.6 Å². The van der Waals surface area contributed by atoms with E-state index in [-0.39, 0.29) is 34.7 Å². The number of phenols is 1. The number of phenolic OH excluding ortho intramolecular Hbond substituents is 1. The van der Waals surface area contributed by atoms with Gasteiger partial charge in [0.15, 0.2) is 0 Å². The van der Waals surface area contributed by atoms with Crippen molar-refractivity contribution in [2.45, 2.75) is 37.3 Å². The average Bonchev–Trinajstić information content (AvgIpc) is 2.70. The summed E-state index contributed by atoms with van der Waals surface area (Å²) >= 11 is 0. The Morgan fingerprint density at radius 2 is 1.79 bits per heavy atom. The Morgan fingerprint density at radius 3 is 2.45 bits per heavy atom. The van der Waals surface area contributed by atoms with Gasteiger partial charge in [0.05, 0.1) is 11.6 Å². The van der Waals surface area contributed by atoms with Gasteiger partial charge in [-0.25, -0.2) is 4.79 Å². The average molecular weight is 394 g/mol. The molecule has 2 aliphatic rings. The number of aromatic hydroxyl groups is 1. The van der Waals surface area contributed by atoms with Crippen LogP contribution in [-0.4, -0.2) is 64.6 Å². The molecule has 2 bridgehead atoms. The monoisotopic (exact) mass is 394 g/mol. The zero-order valence-corrected chi connectivity index (χ0v) is 16.9. The maximum Gasteiger partial charge on any atom is 0.335 e. The molecule has 2 aromatic rings. The molecule has 6 nitrogen and oxygen atoms in total. The van der Waals surface area contributed by atoms with Gasteiger partial charge in [0.25, 0.3) is 5.91 Å². The summed E-state index contributed by atoms with van der Waals surface area (Å²) < 4.78 is 0. The quantitative estimate of drug-likeness (QED) is 0.837. The van der Waals surface area contributed by atoms with Crippen LogP contribution < -0.4 is 0 Å². The highest BCUT2D eigenvalue weighted by Crippen LogP contribution is 2.47. The number of fused-ring (bicyclic) bond motifs is 4. The van der Waals surface area contributed by atoms with Crippen LogP contribution in [0.2, 0.25) is 0 Å². The van der Waals surface area contributed by atoms with Crippen molar-refractivity contribution in [3.63, 3.8) is 0 Å². The predicted octanol–water partition coefficient (Wildman–Crippen LogP) is 2.75. The molecule has 1 saturated heterocycles. The molecule has 152 valence electrons. The third-order valence-corrected chi connectivity index (χ3v) is 6.82. The highest BCUT2D eigenvalue weighted by atomic mass is 16.4. The molecular formula is C23H26N2O4. The van der Waals surface area contributed by atoms with Crippen molar-refractivity contribution in [2.24, 2.45) is 0 Å². The van der Waals surface area contributed by atoms with Gasteiger partial charge < -0.3 is 20.0 Å². The van der Waals surface area contributed by atoms with E-state index in [0.717, 1.165) is 24.9 Å². The lowest BCUT2D eigenvalue weighted by Gasteiger charge is -2.57. The second-order valence-corrected chi connectivity index (χ2v) is 8.50. The van der Waals surface area contributed by atoms with Crippen molar-refractivity contribution in [1.82, 2.24) is 9.80 Å². The first-order valence-electron chi connectivity index (χ1n) is 9.85. The summed E-state index contributed by atoms with van der Waals surface area (Å²) in [6.45, 7) is 3.12. The number of carbonyl (C=O) groups is 2. The molecule has 4 rings (SSSR count). The van der Waals surface area contributed by atoms with Crippen molar-refractivity contribution in [3.05, 3.63) is 64.7 Å². The number of nitrogens with zero attached hydrogens (tertiary/aromatic N) is 2. The van der Waals surface area contributed by atoms with Crippen LogP contribution in [0.4, 0.5) is 0 Å². The number of aromatic carboxylic acids is 1. The van der Waals surface area contributed by atoms with Crippen LogP contribution in [0.1, 0.15) is 45.2 Å². The highest BCUT2D eigenvalue weighted by Gasteiger charge is 2.52. The van der Waals surface area contributed by atoms with Crippen LogP contribution in [0, 0.1) is 0 Å². The van der Waals surface area contributed by atoms with Gasteiger partial charge in [-0.3, -0.25) is 4.79 Å². The summed E-state index contributed by atoms with van der Waals surface area (Å²) in [6, 6.07) is 11.8. The Balaban J connectivity index is 1.72. The minimum atomic E-state index is -1.01. The van der Waals surface area contributed by atoms with Crippen LogP contribution >= 0.6 is 0 Å². The number of piperidine rings is 1. The standard InChI is InChI=1S/C23H26N2O4/c1-23-10-11-24(2)19(12-16-8-9-17(26)13-18(16)23)20(23)25(3)21(27)14-4-6-15(7-5-14)22(28)29/h4-9,13,19-20,26H,10-12H2,1-3H3,(H,28,29)/t19-,20+,23-/m1/s1. The molecular weight excluding hydrogens is 368 g/mol. The van der Waals surface area contributed by atoms with E-state index in [9.17, 15) is 14.7 Å². The third-order valence-electron chi connectivity index (χ3n) is 6.82. The number of hydrogen-bond donors (Lipinski definition) is 2. The number of carbonyl (C=O) groups excluding carboxylic acids is 1. The highest BCUT2D eigenvalue weighted by molar-refractivity contribution is 5.96. The number of carboxylic acids is 1. The van der Waals surface area contributed by atoms with Gasteiger partial charge in [-0.2, -0.15) is 0 Å². The number of likely N-dealkylation sites (N-methyl/N-ethyl adjacent to an activating group) is 2. The van der Waals surface area contributed by atoms with Gasteiger partial charge in [0, 0.05) is 24.1 Å². The Bertz CT molecular complexity index is 971. The number of likely N-dealkylation sites (tertiary alicyclic amines) is 1. The van der Waals surface area contributed by atoms with Crippen LogP contribution in [0.3, 0.4) is 0 Å². The molecule has 0 radical (unpaired) electrons. The van der Waals surface area contributed by atoms with E-state index in [0.29, 0.717) is 5.56 Å². The topological polar surface area (TPSA) is 81.1 Å². The molecule has 1 fully saturated rings. The lowest BCUT2D eigenvalue weighted by atomic mass is 9.61. The summed E-state index contributed by atoms with van der Waals surface area (Å²) in [7, 11) is 3.93. The summed E-state index contributed by atoms with van der Waals surface area (Å²) in [5.41, 5.74) is 2.71. The Morgan fingerprint density at radius 1 is 1.14 bits per heavy atom. The van der Waals surface area contributed by atoms with Gasteiger partial charge in [0.2, 0.25) is 0 Å². The largest absolute Gasteiger partial charge is 0.508 e. The van der Waals surface area contributed by atoms with Crippen LogP contribution in [0.25, 0.3) is 0 Å². The maximum absolute atomic E-state index is 13.3. The first kappa shape index (κ1) is 19.5. The Kier molecular flexibility index (Phi) is 4.62. The number of rotatable bonds is 3. The predicted molar refractivity (Wildman–Crippen MR) is 109 cm³/mol. The summed E-state index contributed by atoms with van der Waals surface area (Å²) in [5, 5.41) is 19.2. The zero-order chi connectivity index (χ0) is 20.9. The van der Waals surface area contributed by atoms with Crippen LogP contribution in [0.15, 0.2) is 42.5 Å². The minimum Gasteiger partial charge on any atom is -0.508 e. The van der Waals surface area contributed by atoms with Gasteiger partial charge in [0.1, 0.15) is 5.75 Å². The van der Waals surface area contributed by atoms with E-state index in [2.05, 4.69) is 18.9 Å². The molecule has 1 aliphatic heterocycles. The molecule has 1 amide bonds.